The van der Waals surface area contributed by atoms with Gasteiger partial charge in [-0.15, -0.1) is 0 Å². The van der Waals surface area contributed by atoms with Gasteiger partial charge in [-0.25, -0.2) is 17.5 Å². The maximum Gasteiger partial charge on any atom is 0.303 e. The lowest BCUT2D eigenvalue weighted by Crippen LogP contribution is -2.39. The van der Waals surface area contributed by atoms with Crippen molar-refractivity contribution in [1.29, 1.82) is 0 Å². The fourth-order valence-corrected chi connectivity index (χ4v) is 8.01. The van der Waals surface area contributed by atoms with E-state index < -0.39 is 16.0 Å². The van der Waals surface area contributed by atoms with Crippen LogP contribution in [0.5, 0.6) is 0 Å². The van der Waals surface area contributed by atoms with Gasteiger partial charge < -0.3 is 14.5 Å². The van der Waals surface area contributed by atoms with Gasteiger partial charge in [-0.05, 0) is 117 Å². The Morgan fingerprint density at radius 3 is 2.59 bits per heavy atom. The second-order valence-electron chi connectivity index (χ2n) is 11.9. The van der Waals surface area contributed by atoms with Crippen LogP contribution in [0.15, 0.2) is 64.0 Å². The number of piperidine rings is 1. The minimum Gasteiger partial charge on any atom is -0.481 e. The lowest BCUT2D eigenvalue weighted by molar-refractivity contribution is -0.136. The molecule has 232 valence electrons. The number of rotatable bonds is 10. The van der Waals surface area contributed by atoms with Crippen molar-refractivity contribution >= 4 is 38.6 Å². The van der Waals surface area contributed by atoms with Crippen LogP contribution in [0.3, 0.4) is 0 Å². The molecule has 1 aliphatic carbocycles. The van der Waals surface area contributed by atoms with Crippen LogP contribution in [0.2, 0.25) is 5.02 Å². The van der Waals surface area contributed by atoms with E-state index in [0.717, 1.165) is 72.2 Å². The SMILES string of the molecule is O=C(O)CCc1cc(CCN2CCC(c3noc4cc(F)ccc34)CC2)cc2c1CCC(NS(=O)(=O)c1ccc(Cl)cc1)C2. The predicted octanol–water partition coefficient (Wildman–Crippen LogP) is 5.90. The molecule has 1 unspecified atom stereocenters. The number of aromatic nitrogens is 1. The first-order valence-corrected chi connectivity index (χ1v) is 16.9. The molecule has 2 N–H and O–H groups in total. The Labute approximate surface area is 261 Å². The Balaban J connectivity index is 1.12. The van der Waals surface area contributed by atoms with Crippen molar-refractivity contribution in [3.63, 3.8) is 0 Å². The number of nitrogens with zero attached hydrogens (tertiary/aromatic N) is 2. The molecule has 0 radical (unpaired) electrons. The number of likely N-dealkylation sites (tertiary alicyclic amines) is 1. The molecule has 4 aromatic rings. The summed E-state index contributed by atoms with van der Waals surface area (Å²) in [4.78, 5) is 14.0. The average molecular weight is 640 g/mol. The van der Waals surface area contributed by atoms with E-state index >= 15 is 0 Å². The number of hydrogen-bond donors (Lipinski definition) is 2. The first-order valence-electron chi connectivity index (χ1n) is 15.0. The molecule has 0 bridgehead atoms. The fraction of sp³-hybridized carbons (Fsp3) is 0.394. The summed E-state index contributed by atoms with van der Waals surface area (Å²) >= 11 is 5.94. The number of aliphatic carboxylic acids is 1. The Morgan fingerprint density at radius 1 is 1.07 bits per heavy atom. The minimum atomic E-state index is -3.70. The summed E-state index contributed by atoms with van der Waals surface area (Å²) in [5.41, 5.74) is 5.81. The molecule has 11 heteroatoms. The molecule has 1 atom stereocenters. The summed E-state index contributed by atoms with van der Waals surface area (Å²) in [5, 5.41) is 15.0. The lowest BCUT2D eigenvalue weighted by atomic mass is 9.83. The van der Waals surface area contributed by atoms with Gasteiger partial charge in [-0.1, -0.05) is 28.9 Å². The highest BCUT2D eigenvalue weighted by molar-refractivity contribution is 7.89. The lowest BCUT2D eigenvalue weighted by Gasteiger charge is -2.31. The first-order chi connectivity index (χ1) is 21.1. The third-order valence-corrected chi connectivity index (χ3v) is 10.7. The molecule has 0 saturated carbocycles. The van der Waals surface area contributed by atoms with Gasteiger partial charge in [0.2, 0.25) is 10.0 Å². The molecule has 1 aliphatic heterocycles. The van der Waals surface area contributed by atoms with E-state index in [2.05, 4.69) is 26.9 Å². The van der Waals surface area contributed by atoms with Crippen molar-refractivity contribution in [2.45, 2.75) is 68.2 Å². The van der Waals surface area contributed by atoms with Gasteiger partial charge in [0.25, 0.3) is 0 Å². The molecule has 1 saturated heterocycles. The molecular formula is C33H35ClFN3O5S. The summed E-state index contributed by atoms with van der Waals surface area (Å²) in [7, 11) is -3.70. The summed E-state index contributed by atoms with van der Waals surface area (Å²) < 4.78 is 47.9. The molecule has 1 fully saturated rings. The number of sulfonamides is 1. The van der Waals surface area contributed by atoms with E-state index in [0.29, 0.717) is 36.3 Å². The Hall–Kier alpha value is -3.31. The predicted molar refractivity (Wildman–Crippen MR) is 166 cm³/mol. The number of hydrogen-bond acceptors (Lipinski definition) is 6. The summed E-state index contributed by atoms with van der Waals surface area (Å²) in [5.74, 6) is -0.905. The van der Waals surface area contributed by atoms with Crippen molar-refractivity contribution in [1.82, 2.24) is 14.8 Å². The van der Waals surface area contributed by atoms with Crippen molar-refractivity contribution in [3.8, 4) is 0 Å². The number of nitrogens with one attached hydrogen (secondary N) is 1. The minimum absolute atomic E-state index is 0.0550. The summed E-state index contributed by atoms with van der Waals surface area (Å²) in [6, 6.07) is 14.8. The van der Waals surface area contributed by atoms with Gasteiger partial charge in [0.15, 0.2) is 5.58 Å². The number of benzene rings is 3. The highest BCUT2D eigenvalue weighted by Gasteiger charge is 2.28. The number of halogens is 2. The number of carboxylic acid groups (broad SMARTS) is 1. The van der Waals surface area contributed by atoms with Gasteiger partial charge in [0.1, 0.15) is 5.82 Å². The van der Waals surface area contributed by atoms with Crippen LogP contribution < -0.4 is 4.72 Å². The highest BCUT2D eigenvalue weighted by atomic mass is 35.5. The highest BCUT2D eigenvalue weighted by Crippen LogP contribution is 2.33. The standard InChI is InChI=1S/C33H35ClFN3O5S/c34-25-2-6-28(7-3-25)44(41,42)37-27-5-9-29-23(1-10-32(39)40)17-21(18-24(29)19-27)11-14-38-15-12-22(13-16-38)33-30-8-4-26(35)20-31(30)43-36-33/h2-4,6-8,17-18,20,22,27,37H,1,5,9-16,19H2,(H,39,40). The summed E-state index contributed by atoms with van der Waals surface area (Å²) in [6.07, 6.45) is 5.07. The van der Waals surface area contributed by atoms with Crippen LogP contribution in [-0.2, 0) is 40.5 Å². The first kappa shape index (κ1) is 30.7. The number of carbonyl (C=O) groups is 1. The maximum absolute atomic E-state index is 13.6. The van der Waals surface area contributed by atoms with E-state index in [1.54, 1.807) is 18.2 Å². The van der Waals surface area contributed by atoms with E-state index in [-0.39, 0.29) is 29.1 Å². The van der Waals surface area contributed by atoms with Crippen molar-refractivity contribution in [2.24, 2.45) is 0 Å². The van der Waals surface area contributed by atoms with Crippen molar-refractivity contribution < 1.29 is 27.2 Å². The van der Waals surface area contributed by atoms with Crippen LogP contribution in [0, 0.1) is 5.82 Å². The monoisotopic (exact) mass is 639 g/mol. The maximum atomic E-state index is 13.6. The quantitative estimate of drug-likeness (QED) is 0.222. The molecule has 3 aromatic carbocycles. The van der Waals surface area contributed by atoms with Crippen LogP contribution in [0.25, 0.3) is 11.0 Å². The molecule has 44 heavy (non-hydrogen) atoms. The second kappa shape index (κ2) is 13.0. The summed E-state index contributed by atoms with van der Waals surface area (Å²) in [6.45, 7) is 2.68. The van der Waals surface area contributed by atoms with E-state index in [1.165, 1.54) is 24.3 Å². The Kier molecular flexibility index (Phi) is 9.05. The van der Waals surface area contributed by atoms with Gasteiger partial charge in [0.05, 0.1) is 10.6 Å². The molecule has 8 nitrogen and oxygen atoms in total. The van der Waals surface area contributed by atoms with E-state index in [9.17, 15) is 22.7 Å². The van der Waals surface area contributed by atoms with Gasteiger partial charge in [0, 0.05) is 41.4 Å². The smallest absolute Gasteiger partial charge is 0.303 e. The van der Waals surface area contributed by atoms with E-state index in [4.69, 9.17) is 16.1 Å². The van der Waals surface area contributed by atoms with Crippen LogP contribution in [0.4, 0.5) is 4.39 Å². The third kappa shape index (κ3) is 6.99. The topological polar surface area (TPSA) is 113 Å². The zero-order valence-electron chi connectivity index (χ0n) is 24.3. The Bertz CT molecular complexity index is 1770. The molecule has 2 heterocycles. The molecular weight excluding hydrogens is 605 g/mol. The van der Waals surface area contributed by atoms with Crippen LogP contribution in [-0.4, -0.2) is 55.2 Å². The molecule has 2 aliphatic rings. The van der Waals surface area contributed by atoms with Crippen molar-refractivity contribution in [3.05, 3.63) is 93.4 Å². The molecule has 1 aromatic heterocycles. The Morgan fingerprint density at radius 2 is 1.84 bits per heavy atom. The number of aryl methyl sites for hydroxylation is 1. The van der Waals surface area contributed by atoms with Gasteiger partial charge >= 0.3 is 5.97 Å². The molecule has 0 amide bonds. The van der Waals surface area contributed by atoms with E-state index in [1.807, 2.05) is 0 Å². The zero-order chi connectivity index (χ0) is 30.8. The fourth-order valence-electron chi connectivity index (χ4n) is 6.61. The number of fused-ring (bicyclic) bond motifs is 2. The van der Waals surface area contributed by atoms with Gasteiger partial charge in [-0.2, -0.15) is 0 Å². The van der Waals surface area contributed by atoms with Crippen LogP contribution in [0.1, 0.15) is 59.5 Å². The molecule has 0 spiro atoms. The normalized spacial score (nSPS) is 18.0. The second-order valence-corrected chi connectivity index (χ2v) is 14.0. The number of carboxylic acids is 1. The largest absolute Gasteiger partial charge is 0.481 e. The average Bonchev–Trinajstić information content (AvgIpc) is 3.42. The third-order valence-electron chi connectivity index (χ3n) is 8.91. The van der Waals surface area contributed by atoms with Gasteiger partial charge in [-0.3, -0.25) is 4.79 Å². The van der Waals surface area contributed by atoms with Crippen LogP contribution >= 0.6 is 11.6 Å². The molecule has 6 rings (SSSR count). The zero-order valence-corrected chi connectivity index (χ0v) is 25.8. The van der Waals surface area contributed by atoms with Crippen molar-refractivity contribution in [2.75, 3.05) is 19.6 Å².